The molecular weight excluding hydrogens is 368 g/mol. The third-order valence-corrected chi connectivity index (χ3v) is 5.44. The van der Waals surface area contributed by atoms with Gasteiger partial charge in [0, 0.05) is 43.9 Å². The standard InChI is InChI=1S/C20H24N8O/c1-15-16(2)21-13-22-19(15)26-8-10-27(11-9-26)20(29)18(28-14-23-24-25-28)12-17-6-4-3-5-7-17/h3-7,13-14,18H,8-12H2,1-2H3. The van der Waals surface area contributed by atoms with E-state index in [1.54, 1.807) is 11.0 Å². The largest absolute Gasteiger partial charge is 0.353 e. The summed E-state index contributed by atoms with van der Waals surface area (Å²) in [6, 6.07) is 9.49. The Balaban J connectivity index is 1.47. The number of aromatic nitrogens is 6. The molecule has 0 radical (unpaired) electrons. The van der Waals surface area contributed by atoms with Crippen LogP contribution in [0.25, 0.3) is 0 Å². The summed E-state index contributed by atoms with van der Waals surface area (Å²) in [5.41, 5.74) is 3.14. The summed E-state index contributed by atoms with van der Waals surface area (Å²) in [6.45, 7) is 6.76. The summed E-state index contributed by atoms with van der Waals surface area (Å²) in [5, 5.41) is 11.4. The molecule has 0 aliphatic carbocycles. The molecule has 1 fully saturated rings. The summed E-state index contributed by atoms with van der Waals surface area (Å²) < 4.78 is 1.56. The van der Waals surface area contributed by atoms with Gasteiger partial charge in [0.25, 0.3) is 0 Å². The van der Waals surface area contributed by atoms with Gasteiger partial charge < -0.3 is 9.80 Å². The molecule has 1 aromatic carbocycles. The van der Waals surface area contributed by atoms with E-state index < -0.39 is 6.04 Å². The molecule has 1 unspecified atom stereocenters. The zero-order valence-electron chi connectivity index (χ0n) is 16.6. The molecule has 1 saturated heterocycles. The number of tetrazole rings is 1. The molecule has 150 valence electrons. The highest BCUT2D eigenvalue weighted by atomic mass is 16.2. The van der Waals surface area contributed by atoms with Crippen LogP contribution >= 0.6 is 0 Å². The van der Waals surface area contributed by atoms with E-state index in [0.29, 0.717) is 19.5 Å². The van der Waals surface area contributed by atoms with Crippen molar-refractivity contribution in [3.63, 3.8) is 0 Å². The number of carbonyl (C=O) groups excluding carboxylic acids is 1. The van der Waals surface area contributed by atoms with E-state index in [0.717, 1.165) is 35.7 Å². The molecule has 1 aliphatic rings. The third-order valence-electron chi connectivity index (χ3n) is 5.44. The molecule has 9 heteroatoms. The van der Waals surface area contributed by atoms with Gasteiger partial charge in [0.05, 0.1) is 0 Å². The van der Waals surface area contributed by atoms with E-state index in [1.807, 2.05) is 49.1 Å². The molecule has 0 N–H and O–H groups in total. The Morgan fingerprint density at radius 1 is 1.07 bits per heavy atom. The first-order valence-electron chi connectivity index (χ1n) is 9.72. The van der Waals surface area contributed by atoms with Crippen molar-refractivity contribution in [1.82, 2.24) is 35.1 Å². The van der Waals surface area contributed by atoms with Gasteiger partial charge in [-0.25, -0.2) is 14.6 Å². The van der Waals surface area contributed by atoms with Crippen LogP contribution in [0.5, 0.6) is 0 Å². The van der Waals surface area contributed by atoms with Crippen LogP contribution in [0.3, 0.4) is 0 Å². The summed E-state index contributed by atoms with van der Waals surface area (Å²) in [4.78, 5) is 26.1. The molecule has 1 atom stereocenters. The molecule has 4 rings (SSSR count). The van der Waals surface area contributed by atoms with Crippen LogP contribution in [-0.4, -0.2) is 67.2 Å². The van der Waals surface area contributed by atoms with E-state index in [-0.39, 0.29) is 5.91 Å². The van der Waals surface area contributed by atoms with E-state index in [1.165, 1.54) is 6.33 Å². The maximum absolute atomic E-state index is 13.3. The highest BCUT2D eigenvalue weighted by Crippen LogP contribution is 2.22. The number of aryl methyl sites for hydroxylation is 1. The first kappa shape index (κ1) is 19.0. The molecule has 0 saturated carbocycles. The molecule has 29 heavy (non-hydrogen) atoms. The van der Waals surface area contributed by atoms with Gasteiger partial charge in [-0.15, -0.1) is 5.10 Å². The summed E-state index contributed by atoms with van der Waals surface area (Å²) >= 11 is 0. The van der Waals surface area contributed by atoms with Gasteiger partial charge in [0.15, 0.2) is 0 Å². The Kier molecular flexibility index (Phi) is 5.46. The fourth-order valence-electron chi connectivity index (χ4n) is 3.64. The number of carbonyl (C=O) groups is 1. The number of piperazine rings is 1. The lowest BCUT2D eigenvalue weighted by atomic mass is 10.0. The lowest BCUT2D eigenvalue weighted by molar-refractivity contribution is -0.135. The van der Waals surface area contributed by atoms with E-state index >= 15 is 0 Å². The molecular formula is C20H24N8O. The topological polar surface area (TPSA) is 92.9 Å². The van der Waals surface area contributed by atoms with Crippen LogP contribution in [0.15, 0.2) is 43.0 Å². The quantitative estimate of drug-likeness (QED) is 0.644. The summed E-state index contributed by atoms with van der Waals surface area (Å²) in [6.07, 6.45) is 3.66. The maximum Gasteiger partial charge on any atom is 0.248 e. The van der Waals surface area contributed by atoms with Crippen molar-refractivity contribution in [3.8, 4) is 0 Å². The van der Waals surface area contributed by atoms with Gasteiger partial charge in [-0.2, -0.15) is 0 Å². The number of hydrogen-bond donors (Lipinski definition) is 0. The molecule has 3 heterocycles. The van der Waals surface area contributed by atoms with Crippen molar-refractivity contribution in [2.45, 2.75) is 26.3 Å². The minimum Gasteiger partial charge on any atom is -0.353 e. The molecule has 0 bridgehead atoms. The summed E-state index contributed by atoms with van der Waals surface area (Å²) in [5.74, 6) is 0.988. The summed E-state index contributed by atoms with van der Waals surface area (Å²) in [7, 11) is 0. The van der Waals surface area contributed by atoms with Crippen LogP contribution in [0.1, 0.15) is 22.9 Å². The average molecular weight is 392 g/mol. The van der Waals surface area contributed by atoms with Gasteiger partial charge in [-0.05, 0) is 29.8 Å². The fourth-order valence-corrected chi connectivity index (χ4v) is 3.64. The second-order valence-electron chi connectivity index (χ2n) is 7.22. The van der Waals surface area contributed by atoms with Gasteiger partial charge in [-0.3, -0.25) is 4.79 Å². The van der Waals surface area contributed by atoms with E-state index in [4.69, 9.17) is 0 Å². The van der Waals surface area contributed by atoms with Gasteiger partial charge in [0.2, 0.25) is 5.91 Å². The number of anilines is 1. The Hall–Kier alpha value is -3.36. The minimum atomic E-state index is -0.456. The Morgan fingerprint density at radius 2 is 1.83 bits per heavy atom. The zero-order valence-corrected chi connectivity index (χ0v) is 16.6. The Morgan fingerprint density at radius 3 is 2.52 bits per heavy atom. The van der Waals surface area contributed by atoms with Crippen LogP contribution in [0, 0.1) is 13.8 Å². The molecule has 9 nitrogen and oxygen atoms in total. The average Bonchev–Trinajstić information content (AvgIpc) is 3.29. The Labute approximate surface area is 169 Å². The molecule has 2 aromatic heterocycles. The Bertz CT molecular complexity index is 952. The van der Waals surface area contributed by atoms with Gasteiger partial charge >= 0.3 is 0 Å². The lowest BCUT2D eigenvalue weighted by Crippen LogP contribution is -2.51. The third kappa shape index (κ3) is 4.08. The van der Waals surface area contributed by atoms with Crippen molar-refractivity contribution in [2.75, 3.05) is 31.1 Å². The fraction of sp³-hybridized carbons (Fsp3) is 0.400. The number of amides is 1. The first-order valence-corrected chi connectivity index (χ1v) is 9.72. The van der Waals surface area contributed by atoms with Crippen molar-refractivity contribution >= 4 is 11.7 Å². The first-order chi connectivity index (χ1) is 14.1. The van der Waals surface area contributed by atoms with Crippen molar-refractivity contribution in [1.29, 1.82) is 0 Å². The zero-order chi connectivity index (χ0) is 20.2. The van der Waals surface area contributed by atoms with Crippen LogP contribution in [0.2, 0.25) is 0 Å². The van der Waals surface area contributed by atoms with Crippen LogP contribution in [-0.2, 0) is 11.2 Å². The predicted octanol–water partition coefficient (Wildman–Crippen LogP) is 1.21. The number of benzene rings is 1. The maximum atomic E-state index is 13.3. The van der Waals surface area contributed by atoms with Crippen molar-refractivity contribution in [3.05, 3.63) is 59.8 Å². The van der Waals surface area contributed by atoms with Crippen LogP contribution < -0.4 is 4.90 Å². The highest BCUT2D eigenvalue weighted by Gasteiger charge is 2.30. The number of rotatable bonds is 5. The van der Waals surface area contributed by atoms with Gasteiger partial charge in [0.1, 0.15) is 24.5 Å². The van der Waals surface area contributed by atoms with Gasteiger partial charge in [-0.1, -0.05) is 30.3 Å². The minimum absolute atomic E-state index is 0.0383. The smallest absolute Gasteiger partial charge is 0.248 e. The van der Waals surface area contributed by atoms with E-state index in [2.05, 4.69) is 30.4 Å². The monoisotopic (exact) mass is 392 g/mol. The SMILES string of the molecule is Cc1ncnc(N2CCN(C(=O)C(Cc3ccccc3)n3cnnn3)CC2)c1C. The lowest BCUT2D eigenvalue weighted by Gasteiger charge is -2.37. The number of hydrogen-bond acceptors (Lipinski definition) is 7. The normalized spacial score (nSPS) is 15.4. The molecule has 3 aromatic rings. The predicted molar refractivity (Wildman–Crippen MR) is 107 cm³/mol. The number of nitrogens with zero attached hydrogens (tertiary/aromatic N) is 8. The molecule has 0 spiro atoms. The van der Waals surface area contributed by atoms with Crippen LogP contribution in [0.4, 0.5) is 5.82 Å². The molecule has 1 amide bonds. The second kappa shape index (κ2) is 8.34. The van der Waals surface area contributed by atoms with Crippen molar-refractivity contribution < 1.29 is 4.79 Å². The molecule has 1 aliphatic heterocycles. The van der Waals surface area contributed by atoms with E-state index in [9.17, 15) is 4.79 Å². The van der Waals surface area contributed by atoms with Crippen molar-refractivity contribution in [2.24, 2.45) is 0 Å². The second-order valence-corrected chi connectivity index (χ2v) is 7.22. The highest BCUT2D eigenvalue weighted by molar-refractivity contribution is 5.81.